The topological polar surface area (TPSA) is 127 Å². The first-order chi connectivity index (χ1) is 21.9. The van der Waals surface area contributed by atoms with E-state index in [1.165, 1.54) is 12.3 Å². The number of carbonyl (C=O) groups excluding carboxylic acids is 3. The van der Waals surface area contributed by atoms with E-state index in [-0.39, 0.29) is 11.3 Å². The molecule has 0 aliphatic carbocycles. The highest BCUT2D eigenvalue weighted by atomic mass is 79.9. The molecule has 0 aliphatic heterocycles. The highest BCUT2D eigenvalue weighted by molar-refractivity contribution is 9.10. The molecular formula is C34H29BrN6O4. The lowest BCUT2D eigenvalue weighted by Gasteiger charge is -2.11. The lowest BCUT2D eigenvalue weighted by atomic mass is 10.1. The highest BCUT2D eigenvalue weighted by Gasteiger charge is 2.18. The van der Waals surface area contributed by atoms with Crippen LogP contribution in [-0.2, 0) is 9.59 Å². The Morgan fingerprint density at radius 2 is 1.58 bits per heavy atom. The van der Waals surface area contributed by atoms with Gasteiger partial charge in [0.2, 0.25) is 0 Å². The summed E-state index contributed by atoms with van der Waals surface area (Å²) in [6.07, 6.45) is 4.11. The summed E-state index contributed by atoms with van der Waals surface area (Å²) in [7, 11) is 0. The van der Waals surface area contributed by atoms with Crippen LogP contribution in [0.4, 0.5) is 11.4 Å². The summed E-state index contributed by atoms with van der Waals surface area (Å²) in [5.74, 6) is -1.69. The van der Waals surface area contributed by atoms with Crippen molar-refractivity contribution in [3.05, 3.63) is 125 Å². The van der Waals surface area contributed by atoms with Gasteiger partial charge in [-0.3, -0.25) is 14.4 Å². The zero-order valence-corrected chi connectivity index (χ0v) is 25.8. The Hall–Kier alpha value is -5.55. The van der Waals surface area contributed by atoms with Crippen LogP contribution in [0.3, 0.4) is 0 Å². The first kappa shape index (κ1) is 30.9. The van der Waals surface area contributed by atoms with Crippen molar-refractivity contribution in [1.82, 2.24) is 15.2 Å². The van der Waals surface area contributed by atoms with Crippen LogP contribution < -0.4 is 20.8 Å². The first-order valence-corrected chi connectivity index (χ1v) is 14.9. The van der Waals surface area contributed by atoms with Crippen molar-refractivity contribution in [3.63, 3.8) is 0 Å². The molecule has 0 atom stereocenters. The summed E-state index contributed by atoms with van der Waals surface area (Å²) in [6.45, 7) is 2.67. The molecule has 10 nitrogen and oxygen atoms in total. The van der Waals surface area contributed by atoms with Gasteiger partial charge in [-0.2, -0.15) is 10.2 Å². The van der Waals surface area contributed by atoms with Crippen molar-refractivity contribution in [3.8, 4) is 22.7 Å². The molecule has 0 saturated heterocycles. The third kappa shape index (κ3) is 8.09. The molecule has 1 heterocycles. The van der Waals surface area contributed by atoms with Crippen LogP contribution in [0.2, 0.25) is 0 Å². The number of amides is 3. The van der Waals surface area contributed by atoms with Crippen molar-refractivity contribution in [2.75, 3.05) is 17.2 Å². The maximum absolute atomic E-state index is 12.9. The van der Waals surface area contributed by atoms with Gasteiger partial charge in [-0.05, 0) is 79.2 Å². The molecule has 0 radical (unpaired) electrons. The summed E-state index contributed by atoms with van der Waals surface area (Å²) in [5, 5.41) is 14.0. The minimum absolute atomic E-state index is 0.175. The second-order valence-electron chi connectivity index (χ2n) is 9.75. The molecule has 0 bridgehead atoms. The lowest BCUT2D eigenvalue weighted by Crippen LogP contribution is -2.33. The monoisotopic (exact) mass is 664 g/mol. The molecule has 3 amide bonds. The minimum Gasteiger partial charge on any atom is -0.494 e. The van der Waals surface area contributed by atoms with Gasteiger partial charge in [-0.1, -0.05) is 53.2 Å². The fraction of sp³-hybridized carbons (Fsp3) is 0.0882. The number of hydrogen-bond donors (Lipinski definition) is 3. The predicted octanol–water partition coefficient (Wildman–Crippen LogP) is 6.43. The SMILES string of the molecule is CCCOc1ccc(-c2nn(-c3ccccc3)cc2/C=N/NC(=O)C(=O)Nc2ccccc2C(=O)Nc2ccc(Br)cc2)cc1. The molecule has 226 valence electrons. The molecule has 11 heteroatoms. The predicted molar refractivity (Wildman–Crippen MR) is 178 cm³/mol. The second kappa shape index (κ2) is 14.8. The van der Waals surface area contributed by atoms with E-state index < -0.39 is 17.7 Å². The number of carbonyl (C=O) groups is 3. The number of hydrazone groups is 1. The average molecular weight is 666 g/mol. The molecule has 5 aromatic rings. The second-order valence-corrected chi connectivity index (χ2v) is 10.7. The molecule has 0 spiro atoms. The number of nitrogens with one attached hydrogen (secondary N) is 3. The third-order valence-corrected chi connectivity index (χ3v) is 6.99. The number of aromatic nitrogens is 2. The fourth-order valence-electron chi connectivity index (χ4n) is 4.26. The number of rotatable bonds is 10. The van der Waals surface area contributed by atoms with Crippen LogP contribution >= 0.6 is 15.9 Å². The van der Waals surface area contributed by atoms with E-state index >= 15 is 0 Å². The van der Waals surface area contributed by atoms with E-state index in [9.17, 15) is 14.4 Å². The Morgan fingerprint density at radius 3 is 2.31 bits per heavy atom. The normalized spacial score (nSPS) is 10.8. The van der Waals surface area contributed by atoms with Gasteiger partial charge in [0.25, 0.3) is 5.91 Å². The van der Waals surface area contributed by atoms with Crippen molar-refractivity contribution in [1.29, 1.82) is 0 Å². The zero-order chi connectivity index (χ0) is 31.6. The van der Waals surface area contributed by atoms with Crippen LogP contribution in [0.1, 0.15) is 29.3 Å². The summed E-state index contributed by atoms with van der Waals surface area (Å²) in [6, 6.07) is 30.6. The zero-order valence-electron chi connectivity index (χ0n) is 24.2. The van der Waals surface area contributed by atoms with Gasteiger partial charge < -0.3 is 15.4 Å². The summed E-state index contributed by atoms with van der Waals surface area (Å²) in [4.78, 5) is 38.3. The Balaban J connectivity index is 1.29. The number of para-hydroxylation sites is 2. The Morgan fingerprint density at radius 1 is 0.867 bits per heavy atom. The van der Waals surface area contributed by atoms with Gasteiger partial charge in [-0.15, -0.1) is 0 Å². The molecule has 0 fully saturated rings. The highest BCUT2D eigenvalue weighted by Crippen LogP contribution is 2.25. The first-order valence-electron chi connectivity index (χ1n) is 14.1. The maximum Gasteiger partial charge on any atom is 0.329 e. The van der Waals surface area contributed by atoms with E-state index in [4.69, 9.17) is 9.84 Å². The maximum atomic E-state index is 12.9. The van der Waals surface area contributed by atoms with Crippen molar-refractivity contribution in [2.24, 2.45) is 5.10 Å². The number of hydrogen-bond acceptors (Lipinski definition) is 6. The standard InChI is InChI=1S/C34H29BrN6O4/c1-2-20-45-28-18-12-23(13-19-28)31-24(22-41(40-31)27-8-4-3-5-9-27)21-36-39-34(44)33(43)38-30-11-7-6-10-29(30)32(42)37-26-16-14-25(35)15-17-26/h3-19,21-22H,2,20H2,1H3,(H,37,42)(H,38,43)(H,39,44)/b36-21+. The van der Waals surface area contributed by atoms with Gasteiger partial charge in [0.15, 0.2) is 0 Å². The molecule has 0 unspecified atom stereocenters. The van der Waals surface area contributed by atoms with Crippen molar-refractivity contribution >= 4 is 51.2 Å². The molecule has 0 aliphatic rings. The quantitative estimate of drug-likeness (QED) is 0.0901. The van der Waals surface area contributed by atoms with E-state index in [0.29, 0.717) is 23.6 Å². The molecule has 45 heavy (non-hydrogen) atoms. The van der Waals surface area contributed by atoms with Crippen molar-refractivity contribution < 1.29 is 19.1 Å². The Labute approximate surface area is 268 Å². The van der Waals surface area contributed by atoms with Gasteiger partial charge in [0.1, 0.15) is 11.4 Å². The van der Waals surface area contributed by atoms with Gasteiger partial charge in [-0.25, -0.2) is 10.1 Å². The van der Waals surface area contributed by atoms with E-state index in [1.54, 1.807) is 53.3 Å². The van der Waals surface area contributed by atoms with Gasteiger partial charge >= 0.3 is 11.8 Å². The van der Waals surface area contributed by atoms with Gasteiger partial charge in [0.05, 0.1) is 29.8 Å². The van der Waals surface area contributed by atoms with Crippen LogP contribution in [-0.4, -0.2) is 40.3 Å². The summed E-state index contributed by atoms with van der Waals surface area (Å²) in [5.41, 5.74) is 6.09. The van der Waals surface area contributed by atoms with E-state index in [2.05, 4.69) is 37.1 Å². The Kier molecular flexibility index (Phi) is 10.1. The number of ether oxygens (including phenoxy) is 1. The fourth-order valence-corrected chi connectivity index (χ4v) is 4.52. The number of anilines is 2. The number of halogens is 1. The van der Waals surface area contributed by atoms with E-state index in [1.807, 2.05) is 61.5 Å². The van der Waals surface area contributed by atoms with Crippen LogP contribution in [0.15, 0.2) is 119 Å². The van der Waals surface area contributed by atoms with Gasteiger partial charge in [0, 0.05) is 27.5 Å². The van der Waals surface area contributed by atoms with Crippen molar-refractivity contribution in [2.45, 2.75) is 13.3 Å². The summed E-state index contributed by atoms with van der Waals surface area (Å²) >= 11 is 3.36. The largest absolute Gasteiger partial charge is 0.494 e. The molecular weight excluding hydrogens is 636 g/mol. The number of benzene rings is 4. The average Bonchev–Trinajstić information content (AvgIpc) is 3.49. The molecule has 0 saturated carbocycles. The minimum atomic E-state index is -1.01. The van der Waals surface area contributed by atoms with Crippen LogP contribution in [0.5, 0.6) is 5.75 Å². The molecule has 5 rings (SSSR count). The third-order valence-electron chi connectivity index (χ3n) is 6.46. The van der Waals surface area contributed by atoms with Crippen LogP contribution in [0.25, 0.3) is 16.9 Å². The molecule has 1 aromatic heterocycles. The molecule has 4 aromatic carbocycles. The van der Waals surface area contributed by atoms with E-state index in [0.717, 1.165) is 27.9 Å². The smallest absolute Gasteiger partial charge is 0.329 e. The number of nitrogens with zero attached hydrogens (tertiary/aromatic N) is 3. The molecule has 3 N–H and O–H groups in total. The summed E-state index contributed by atoms with van der Waals surface area (Å²) < 4.78 is 8.28. The Bertz CT molecular complexity index is 1820. The lowest BCUT2D eigenvalue weighted by molar-refractivity contribution is -0.136. The van der Waals surface area contributed by atoms with Crippen LogP contribution in [0, 0.1) is 0 Å².